The summed E-state index contributed by atoms with van der Waals surface area (Å²) in [7, 11) is 0. The highest BCUT2D eigenvalue weighted by Crippen LogP contribution is 2.32. The van der Waals surface area contributed by atoms with E-state index in [1.165, 1.54) is 0 Å². The summed E-state index contributed by atoms with van der Waals surface area (Å²) in [6.45, 7) is 9.78. The maximum Gasteiger partial charge on any atom is 0.142 e. The summed E-state index contributed by atoms with van der Waals surface area (Å²) in [6, 6.07) is 3.59. The molecule has 1 rings (SSSR count). The lowest BCUT2D eigenvalue weighted by Crippen LogP contribution is -2.16. The number of rotatable bonds is 10. The molecule has 21 heavy (non-hydrogen) atoms. The van der Waals surface area contributed by atoms with E-state index in [2.05, 4.69) is 26.1 Å². The first-order valence-electron chi connectivity index (χ1n) is 7.43. The van der Waals surface area contributed by atoms with Crippen LogP contribution < -0.4 is 10.1 Å². The molecular formula is C16H25Cl2NO2. The van der Waals surface area contributed by atoms with E-state index in [9.17, 15) is 0 Å². The van der Waals surface area contributed by atoms with Gasteiger partial charge in [0.05, 0.1) is 11.6 Å². The normalized spacial score (nSPS) is 11.1. The summed E-state index contributed by atoms with van der Waals surface area (Å²) in [5.41, 5.74) is 0.977. The zero-order valence-electron chi connectivity index (χ0n) is 13.0. The lowest BCUT2D eigenvalue weighted by atomic mass is 10.2. The van der Waals surface area contributed by atoms with E-state index in [-0.39, 0.29) is 0 Å². The van der Waals surface area contributed by atoms with Crippen molar-refractivity contribution in [3.8, 4) is 5.75 Å². The summed E-state index contributed by atoms with van der Waals surface area (Å²) in [5.74, 6) is 1.22. The fraction of sp³-hybridized carbons (Fsp3) is 0.625. The molecule has 0 aliphatic heterocycles. The first-order chi connectivity index (χ1) is 10.0. The average Bonchev–Trinajstić information content (AvgIpc) is 2.40. The van der Waals surface area contributed by atoms with Crippen LogP contribution in [0.2, 0.25) is 10.0 Å². The van der Waals surface area contributed by atoms with Gasteiger partial charge in [-0.05, 0) is 31.0 Å². The number of halogens is 2. The molecule has 3 nitrogen and oxygen atoms in total. The van der Waals surface area contributed by atoms with Crippen molar-refractivity contribution in [1.29, 1.82) is 0 Å². The van der Waals surface area contributed by atoms with E-state index < -0.39 is 0 Å². The Morgan fingerprint density at radius 1 is 1.19 bits per heavy atom. The van der Waals surface area contributed by atoms with Gasteiger partial charge in [-0.2, -0.15) is 0 Å². The zero-order valence-corrected chi connectivity index (χ0v) is 14.6. The van der Waals surface area contributed by atoms with Crippen molar-refractivity contribution < 1.29 is 9.47 Å². The smallest absolute Gasteiger partial charge is 0.142 e. The van der Waals surface area contributed by atoms with Crippen molar-refractivity contribution in [2.24, 2.45) is 5.92 Å². The third-order valence-electron chi connectivity index (χ3n) is 2.75. The molecule has 1 aromatic carbocycles. The van der Waals surface area contributed by atoms with Gasteiger partial charge in [0, 0.05) is 23.7 Å². The molecule has 5 heteroatoms. The molecule has 0 bridgehead atoms. The van der Waals surface area contributed by atoms with Crippen LogP contribution in [-0.2, 0) is 11.3 Å². The molecular weight excluding hydrogens is 309 g/mol. The maximum atomic E-state index is 6.23. The van der Waals surface area contributed by atoms with Gasteiger partial charge in [-0.1, -0.05) is 44.0 Å². The minimum absolute atomic E-state index is 0.481. The minimum Gasteiger partial charge on any atom is -0.489 e. The zero-order chi connectivity index (χ0) is 15.7. The number of hydrogen-bond donors (Lipinski definition) is 1. The van der Waals surface area contributed by atoms with Crippen molar-refractivity contribution in [3.05, 3.63) is 27.7 Å². The summed E-state index contributed by atoms with van der Waals surface area (Å²) >= 11 is 12.3. The number of ether oxygens (including phenoxy) is 2. The fourth-order valence-corrected chi connectivity index (χ4v) is 2.42. The van der Waals surface area contributed by atoms with Gasteiger partial charge in [-0.15, -0.1) is 0 Å². The second-order valence-corrected chi connectivity index (χ2v) is 6.21. The van der Waals surface area contributed by atoms with E-state index in [0.29, 0.717) is 41.5 Å². The predicted octanol–water partition coefficient (Wildman–Crippen LogP) is 4.54. The van der Waals surface area contributed by atoms with Crippen LogP contribution in [0.15, 0.2) is 12.1 Å². The van der Waals surface area contributed by atoms with Gasteiger partial charge in [-0.3, -0.25) is 0 Å². The molecule has 0 unspecified atom stereocenters. The topological polar surface area (TPSA) is 30.5 Å². The summed E-state index contributed by atoms with van der Waals surface area (Å²) < 4.78 is 11.3. The maximum absolute atomic E-state index is 6.23. The van der Waals surface area contributed by atoms with Gasteiger partial charge in [0.15, 0.2) is 0 Å². The highest BCUT2D eigenvalue weighted by atomic mass is 35.5. The van der Waals surface area contributed by atoms with Crippen LogP contribution in [0, 0.1) is 5.92 Å². The Morgan fingerprint density at radius 3 is 2.62 bits per heavy atom. The molecule has 0 fully saturated rings. The van der Waals surface area contributed by atoms with Crippen LogP contribution in [0.3, 0.4) is 0 Å². The molecule has 120 valence electrons. The van der Waals surface area contributed by atoms with Crippen LogP contribution >= 0.6 is 23.2 Å². The van der Waals surface area contributed by atoms with Crippen LogP contribution in [0.5, 0.6) is 5.75 Å². The lowest BCUT2D eigenvalue weighted by Gasteiger charge is -2.15. The molecule has 0 saturated carbocycles. The monoisotopic (exact) mass is 333 g/mol. The van der Waals surface area contributed by atoms with Crippen LogP contribution in [0.25, 0.3) is 0 Å². The van der Waals surface area contributed by atoms with E-state index in [4.69, 9.17) is 32.7 Å². The molecule has 0 radical (unpaired) electrons. The second kappa shape index (κ2) is 10.3. The third kappa shape index (κ3) is 7.37. The van der Waals surface area contributed by atoms with E-state index in [0.717, 1.165) is 25.1 Å². The van der Waals surface area contributed by atoms with Crippen LogP contribution in [-0.4, -0.2) is 26.4 Å². The first kappa shape index (κ1) is 18.6. The lowest BCUT2D eigenvalue weighted by molar-refractivity contribution is 0.0816. The van der Waals surface area contributed by atoms with Gasteiger partial charge in [0.1, 0.15) is 12.4 Å². The Balaban J connectivity index is 2.57. The SMILES string of the molecule is CCCNCc1cc(Cl)cc(Cl)c1OCCOCC(C)C. The molecule has 0 heterocycles. The van der Waals surface area contributed by atoms with Crippen molar-refractivity contribution >= 4 is 23.2 Å². The largest absolute Gasteiger partial charge is 0.489 e. The van der Waals surface area contributed by atoms with Crippen molar-refractivity contribution in [3.63, 3.8) is 0 Å². The number of hydrogen-bond acceptors (Lipinski definition) is 3. The Hall–Kier alpha value is -0.480. The Morgan fingerprint density at radius 2 is 1.95 bits per heavy atom. The van der Waals surface area contributed by atoms with E-state index >= 15 is 0 Å². The predicted molar refractivity (Wildman–Crippen MR) is 89.6 cm³/mol. The fourth-order valence-electron chi connectivity index (χ4n) is 1.83. The van der Waals surface area contributed by atoms with E-state index in [1.807, 2.05) is 6.07 Å². The molecule has 0 saturated heterocycles. The quantitative estimate of drug-likeness (QED) is 0.637. The first-order valence-corrected chi connectivity index (χ1v) is 8.19. The summed E-state index contributed by atoms with van der Waals surface area (Å²) in [6.07, 6.45) is 1.08. The van der Waals surface area contributed by atoms with Crippen molar-refractivity contribution in [1.82, 2.24) is 5.32 Å². The number of nitrogens with one attached hydrogen (secondary N) is 1. The standard InChI is InChI=1S/C16H25Cl2NO2/c1-4-5-19-10-13-8-14(17)9-15(18)16(13)21-7-6-20-11-12(2)3/h8-9,12,19H,4-7,10-11H2,1-3H3. The Labute approximate surface area is 137 Å². The average molecular weight is 334 g/mol. The molecule has 0 aliphatic rings. The molecule has 0 aromatic heterocycles. The van der Waals surface area contributed by atoms with Crippen molar-refractivity contribution in [2.75, 3.05) is 26.4 Å². The molecule has 0 atom stereocenters. The minimum atomic E-state index is 0.481. The number of benzene rings is 1. The molecule has 1 aromatic rings. The van der Waals surface area contributed by atoms with E-state index in [1.54, 1.807) is 6.07 Å². The summed E-state index contributed by atoms with van der Waals surface area (Å²) in [5, 5.41) is 4.50. The van der Waals surface area contributed by atoms with Gasteiger partial charge in [0.25, 0.3) is 0 Å². The van der Waals surface area contributed by atoms with Gasteiger partial charge in [0.2, 0.25) is 0 Å². The van der Waals surface area contributed by atoms with Crippen LogP contribution in [0.4, 0.5) is 0 Å². The van der Waals surface area contributed by atoms with Gasteiger partial charge >= 0.3 is 0 Å². The summed E-state index contributed by atoms with van der Waals surface area (Å²) in [4.78, 5) is 0. The second-order valence-electron chi connectivity index (χ2n) is 5.37. The van der Waals surface area contributed by atoms with Gasteiger partial charge < -0.3 is 14.8 Å². The van der Waals surface area contributed by atoms with Crippen LogP contribution in [0.1, 0.15) is 32.8 Å². The highest BCUT2D eigenvalue weighted by Gasteiger charge is 2.10. The molecule has 0 aliphatic carbocycles. The third-order valence-corrected chi connectivity index (χ3v) is 3.25. The molecule has 0 spiro atoms. The highest BCUT2D eigenvalue weighted by molar-refractivity contribution is 6.35. The van der Waals surface area contributed by atoms with Crippen molar-refractivity contribution in [2.45, 2.75) is 33.7 Å². The Kier molecular flexibility index (Phi) is 9.09. The molecule has 1 N–H and O–H groups in total. The van der Waals surface area contributed by atoms with Gasteiger partial charge in [-0.25, -0.2) is 0 Å². The Bertz CT molecular complexity index is 425. The molecule has 0 amide bonds.